The van der Waals surface area contributed by atoms with E-state index in [2.05, 4.69) is 36.5 Å². The summed E-state index contributed by atoms with van der Waals surface area (Å²) in [6.45, 7) is 2.06. The number of ether oxygens (including phenoxy) is 1. The minimum Gasteiger partial charge on any atom is -0.465 e. The first-order valence-corrected chi connectivity index (χ1v) is 10.6. The van der Waals surface area contributed by atoms with E-state index in [1.165, 1.54) is 28.9 Å². The molecule has 4 nitrogen and oxygen atoms in total. The van der Waals surface area contributed by atoms with E-state index in [0.29, 0.717) is 22.7 Å². The summed E-state index contributed by atoms with van der Waals surface area (Å²) in [6.07, 6.45) is 4.48. The van der Waals surface area contributed by atoms with Crippen molar-refractivity contribution < 1.29 is 14.3 Å². The summed E-state index contributed by atoms with van der Waals surface area (Å²) < 4.78 is 4.94. The Morgan fingerprint density at radius 3 is 2.65 bits per heavy atom. The van der Waals surface area contributed by atoms with E-state index in [9.17, 15) is 9.59 Å². The van der Waals surface area contributed by atoms with E-state index in [4.69, 9.17) is 4.74 Å². The molecule has 1 aliphatic carbocycles. The normalized spacial score (nSPS) is 13.2. The maximum Gasteiger partial charge on any atom is 0.341 e. The van der Waals surface area contributed by atoms with Crippen molar-refractivity contribution in [3.05, 3.63) is 45.8 Å². The third kappa shape index (κ3) is 4.48. The molecule has 0 bridgehead atoms. The smallest absolute Gasteiger partial charge is 0.341 e. The third-order valence-electron chi connectivity index (χ3n) is 4.43. The number of nitrogens with one attached hydrogen (secondary N) is 1. The maximum absolute atomic E-state index is 12.4. The number of aryl methyl sites for hydroxylation is 2. The number of methoxy groups -OCH3 is 1. The van der Waals surface area contributed by atoms with Gasteiger partial charge in [-0.2, -0.15) is 0 Å². The molecule has 2 aromatic rings. The number of amides is 1. The van der Waals surface area contributed by atoms with Gasteiger partial charge >= 0.3 is 5.97 Å². The summed E-state index contributed by atoms with van der Waals surface area (Å²) in [7, 11) is 1.39. The van der Waals surface area contributed by atoms with Crippen molar-refractivity contribution in [3.63, 3.8) is 0 Å². The Hall–Kier alpha value is -1.79. The molecular weight excluding hydrogens is 366 g/mol. The number of carbonyl (C=O) groups is 2. The molecule has 0 atom stereocenters. The van der Waals surface area contributed by atoms with Gasteiger partial charge in [-0.25, -0.2) is 4.79 Å². The predicted octanol–water partition coefficient (Wildman–Crippen LogP) is 4.84. The molecule has 0 fully saturated rings. The zero-order valence-corrected chi connectivity index (χ0v) is 16.7. The molecule has 3 rings (SSSR count). The first-order valence-electron chi connectivity index (χ1n) is 8.80. The van der Waals surface area contributed by atoms with Crippen LogP contribution in [-0.4, -0.2) is 24.7 Å². The van der Waals surface area contributed by atoms with Crippen LogP contribution in [0, 0.1) is 6.92 Å². The zero-order chi connectivity index (χ0) is 18.5. The van der Waals surface area contributed by atoms with Gasteiger partial charge in [-0.3, -0.25) is 4.79 Å². The molecule has 1 aliphatic rings. The number of hydrogen-bond donors (Lipinski definition) is 1. The minimum absolute atomic E-state index is 0.0617. The summed E-state index contributed by atoms with van der Waals surface area (Å²) in [5, 5.41) is 3.59. The summed E-state index contributed by atoms with van der Waals surface area (Å²) >= 11 is 3.19. The van der Waals surface area contributed by atoms with Crippen molar-refractivity contribution in [2.75, 3.05) is 18.2 Å². The largest absolute Gasteiger partial charge is 0.465 e. The average molecular weight is 390 g/mol. The van der Waals surface area contributed by atoms with Crippen LogP contribution in [0.5, 0.6) is 0 Å². The molecule has 1 heterocycles. The first-order chi connectivity index (χ1) is 12.6. The molecular formula is C20H23NO3S2. The van der Waals surface area contributed by atoms with Gasteiger partial charge in [0.25, 0.3) is 0 Å². The van der Waals surface area contributed by atoms with E-state index >= 15 is 0 Å². The van der Waals surface area contributed by atoms with Crippen LogP contribution >= 0.6 is 23.1 Å². The molecule has 0 saturated carbocycles. The summed E-state index contributed by atoms with van der Waals surface area (Å²) in [5.74, 6) is 0.287. The predicted molar refractivity (Wildman–Crippen MR) is 107 cm³/mol. The second kappa shape index (κ2) is 8.73. The van der Waals surface area contributed by atoms with Crippen LogP contribution in [0.1, 0.15) is 45.6 Å². The second-order valence-corrected chi connectivity index (χ2v) is 8.64. The second-order valence-electron chi connectivity index (χ2n) is 6.37. The van der Waals surface area contributed by atoms with Crippen LogP contribution in [0.4, 0.5) is 5.00 Å². The van der Waals surface area contributed by atoms with Gasteiger partial charge in [0.15, 0.2) is 0 Å². The molecule has 138 valence electrons. The molecule has 0 radical (unpaired) electrons. The van der Waals surface area contributed by atoms with E-state index in [1.807, 2.05) is 0 Å². The minimum atomic E-state index is -0.353. The molecule has 6 heteroatoms. The van der Waals surface area contributed by atoms with E-state index in [1.54, 1.807) is 11.8 Å². The number of rotatable bonds is 6. The van der Waals surface area contributed by atoms with Crippen LogP contribution in [0.25, 0.3) is 0 Å². The lowest BCUT2D eigenvalue weighted by atomic mass is 9.95. The van der Waals surface area contributed by atoms with Crippen molar-refractivity contribution in [1.29, 1.82) is 0 Å². The van der Waals surface area contributed by atoms with E-state index in [0.717, 1.165) is 36.1 Å². The van der Waals surface area contributed by atoms with Crippen molar-refractivity contribution in [2.24, 2.45) is 0 Å². The highest BCUT2D eigenvalue weighted by molar-refractivity contribution is 7.99. The Bertz CT molecular complexity index is 796. The van der Waals surface area contributed by atoms with Crippen LogP contribution in [0.2, 0.25) is 0 Å². The van der Waals surface area contributed by atoms with Gasteiger partial charge < -0.3 is 10.1 Å². The van der Waals surface area contributed by atoms with Gasteiger partial charge in [0.1, 0.15) is 5.00 Å². The number of hydrogen-bond acceptors (Lipinski definition) is 5. The highest BCUT2D eigenvalue weighted by atomic mass is 32.2. The van der Waals surface area contributed by atoms with Crippen LogP contribution < -0.4 is 5.32 Å². The third-order valence-corrected chi connectivity index (χ3v) is 6.65. The molecule has 0 aliphatic heterocycles. The summed E-state index contributed by atoms with van der Waals surface area (Å²) in [5.41, 5.74) is 2.85. The number of thiophene rings is 1. The number of thioether (sulfide) groups is 1. The average Bonchev–Trinajstić information content (AvgIpc) is 3.00. The van der Waals surface area contributed by atoms with Gasteiger partial charge in [0.05, 0.1) is 12.7 Å². The highest BCUT2D eigenvalue weighted by Gasteiger charge is 2.26. The molecule has 0 saturated heterocycles. The van der Waals surface area contributed by atoms with E-state index < -0.39 is 0 Å². The van der Waals surface area contributed by atoms with Crippen LogP contribution in [0.15, 0.2) is 29.2 Å². The summed E-state index contributed by atoms with van der Waals surface area (Å²) in [6, 6.07) is 8.28. The molecule has 0 unspecified atom stereocenters. The Kier molecular flexibility index (Phi) is 6.38. The maximum atomic E-state index is 12.4. The quantitative estimate of drug-likeness (QED) is 0.567. The Morgan fingerprint density at radius 2 is 1.92 bits per heavy atom. The lowest BCUT2D eigenvalue weighted by Crippen LogP contribution is -2.15. The first kappa shape index (κ1) is 19.0. The lowest BCUT2D eigenvalue weighted by molar-refractivity contribution is -0.115. The van der Waals surface area contributed by atoms with Gasteiger partial charge in [0.2, 0.25) is 5.91 Å². The fourth-order valence-corrected chi connectivity index (χ4v) is 5.20. The molecule has 26 heavy (non-hydrogen) atoms. The standard InChI is InChI=1S/C20H23NO3S2/c1-13-7-9-14(10-8-13)25-12-11-17(22)21-19-18(20(23)24-2)15-5-3-4-6-16(15)26-19/h7-10H,3-6,11-12H2,1-2H3,(H,21,22). The van der Waals surface area contributed by atoms with Gasteiger partial charge in [-0.15, -0.1) is 23.1 Å². The summed E-state index contributed by atoms with van der Waals surface area (Å²) in [4.78, 5) is 26.9. The number of carbonyl (C=O) groups excluding carboxylic acids is 2. The van der Waals surface area contributed by atoms with Crippen molar-refractivity contribution in [1.82, 2.24) is 0 Å². The Labute approximate surface area is 162 Å². The molecule has 1 aromatic heterocycles. The fraction of sp³-hybridized carbons (Fsp3) is 0.400. The van der Waals surface area contributed by atoms with Crippen molar-refractivity contribution in [3.8, 4) is 0 Å². The SMILES string of the molecule is COC(=O)c1c(NC(=O)CCSc2ccc(C)cc2)sc2c1CCCC2. The van der Waals surface area contributed by atoms with Gasteiger partial charge in [-0.1, -0.05) is 17.7 Å². The fourth-order valence-electron chi connectivity index (χ4n) is 3.06. The topological polar surface area (TPSA) is 55.4 Å². The number of benzene rings is 1. The van der Waals surface area contributed by atoms with E-state index in [-0.39, 0.29) is 11.9 Å². The van der Waals surface area contributed by atoms with Gasteiger partial charge in [0, 0.05) is 21.9 Å². The monoisotopic (exact) mass is 389 g/mol. The van der Waals surface area contributed by atoms with Crippen LogP contribution in [0.3, 0.4) is 0 Å². The Morgan fingerprint density at radius 1 is 1.19 bits per heavy atom. The molecule has 1 N–H and O–H groups in total. The number of esters is 1. The Balaban J connectivity index is 1.62. The molecule has 1 aromatic carbocycles. The molecule has 0 spiro atoms. The highest BCUT2D eigenvalue weighted by Crippen LogP contribution is 2.38. The van der Waals surface area contributed by atoms with Crippen molar-refractivity contribution >= 4 is 40.0 Å². The van der Waals surface area contributed by atoms with Crippen LogP contribution in [-0.2, 0) is 22.4 Å². The number of fused-ring (bicyclic) bond motifs is 1. The molecule has 1 amide bonds. The van der Waals surface area contributed by atoms with Gasteiger partial charge in [-0.05, 0) is 50.3 Å². The van der Waals surface area contributed by atoms with Crippen molar-refractivity contribution in [2.45, 2.75) is 43.9 Å². The lowest BCUT2D eigenvalue weighted by Gasteiger charge is -2.11. The zero-order valence-electron chi connectivity index (χ0n) is 15.1. The number of anilines is 1.